The van der Waals surface area contributed by atoms with Crippen molar-refractivity contribution < 1.29 is 19.6 Å². The van der Waals surface area contributed by atoms with Crippen molar-refractivity contribution in [1.29, 1.82) is 0 Å². The van der Waals surface area contributed by atoms with E-state index in [4.69, 9.17) is 4.74 Å². The number of nitro groups is 1. The van der Waals surface area contributed by atoms with Gasteiger partial charge in [0.05, 0.1) is 22.2 Å². The number of hydrogen-bond acceptors (Lipinski definition) is 4. The molecule has 0 fully saturated rings. The number of aromatic carboxylic acids is 1. The number of carboxylic acids is 1. The lowest BCUT2D eigenvalue weighted by Crippen LogP contribution is -2.10. The van der Waals surface area contributed by atoms with E-state index in [0.29, 0.717) is 11.2 Å². The molecule has 0 unspecified atom stereocenters. The monoisotopic (exact) mass is 472 g/mol. The van der Waals surface area contributed by atoms with Gasteiger partial charge in [0.15, 0.2) is 5.75 Å². The van der Waals surface area contributed by atoms with E-state index in [1.54, 1.807) is 26.0 Å². The van der Waals surface area contributed by atoms with Crippen LogP contribution in [0.5, 0.6) is 5.75 Å². The van der Waals surface area contributed by atoms with Crippen molar-refractivity contribution in [2.24, 2.45) is 0 Å². The van der Waals surface area contributed by atoms with E-state index in [9.17, 15) is 20.0 Å². The summed E-state index contributed by atoms with van der Waals surface area (Å²) in [6, 6.07) is 20.1. The molecular weight excluding hydrogens is 444 g/mol. The van der Waals surface area contributed by atoms with E-state index in [-0.39, 0.29) is 28.6 Å². The molecule has 0 bridgehead atoms. The van der Waals surface area contributed by atoms with E-state index in [1.807, 2.05) is 18.2 Å². The zero-order valence-electron chi connectivity index (χ0n) is 20.4. The second kappa shape index (κ2) is 8.91. The lowest BCUT2D eigenvalue weighted by molar-refractivity contribution is -0.386. The third kappa shape index (κ3) is 4.75. The number of rotatable bonds is 6. The van der Waals surface area contributed by atoms with Crippen LogP contribution in [0.1, 0.15) is 50.7 Å². The highest BCUT2D eigenvalue weighted by molar-refractivity contribution is 5.97. The molecule has 0 aliphatic carbocycles. The summed E-state index contributed by atoms with van der Waals surface area (Å²) in [5.74, 6) is -0.981. The van der Waals surface area contributed by atoms with Gasteiger partial charge in [-0.25, -0.2) is 4.79 Å². The second-order valence-corrected chi connectivity index (χ2v) is 9.85. The third-order valence-electron chi connectivity index (χ3n) is 5.87. The van der Waals surface area contributed by atoms with Crippen molar-refractivity contribution in [3.8, 4) is 22.6 Å². The van der Waals surface area contributed by atoms with Crippen molar-refractivity contribution in [2.45, 2.75) is 46.1 Å². The van der Waals surface area contributed by atoms with E-state index in [1.165, 1.54) is 22.3 Å². The van der Waals surface area contributed by atoms with Gasteiger partial charge < -0.3 is 14.4 Å². The van der Waals surface area contributed by atoms with Gasteiger partial charge in [-0.05, 0) is 66.3 Å². The maximum Gasteiger partial charge on any atom is 0.352 e. The first-order valence-corrected chi connectivity index (χ1v) is 11.4. The molecule has 0 spiro atoms. The lowest BCUT2D eigenvalue weighted by Gasteiger charge is -2.19. The Morgan fingerprint density at radius 2 is 1.63 bits per heavy atom. The molecule has 0 saturated carbocycles. The van der Waals surface area contributed by atoms with Gasteiger partial charge in [-0.1, -0.05) is 51.1 Å². The smallest absolute Gasteiger partial charge is 0.352 e. The van der Waals surface area contributed by atoms with Crippen molar-refractivity contribution in [3.63, 3.8) is 0 Å². The van der Waals surface area contributed by atoms with Crippen molar-refractivity contribution in [1.82, 2.24) is 4.57 Å². The Labute approximate surface area is 203 Å². The highest BCUT2D eigenvalue weighted by Gasteiger charge is 2.22. The van der Waals surface area contributed by atoms with Gasteiger partial charge in [0.25, 0.3) is 0 Å². The number of nitro benzene ring substituents is 1. The molecule has 1 aromatic heterocycles. The molecule has 1 heterocycles. The van der Waals surface area contributed by atoms with Gasteiger partial charge in [-0.3, -0.25) is 10.1 Å². The molecule has 7 nitrogen and oxygen atoms in total. The molecular formula is C28H28N2O5. The first-order chi connectivity index (χ1) is 16.5. The summed E-state index contributed by atoms with van der Waals surface area (Å²) < 4.78 is 7.10. The van der Waals surface area contributed by atoms with E-state index >= 15 is 0 Å². The molecule has 7 heteroatoms. The molecule has 4 rings (SSSR count). The highest BCUT2D eigenvalue weighted by atomic mass is 16.6. The Bertz CT molecular complexity index is 1430. The maximum absolute atomic E-state index is 12.1. The second-order valence-electron chi connectivity index (χ2n) is 9.85. The first kappa shape index (κ1) is 24.0. The Morgan fingerprint density at radius 1 is 0.971 bits per heavy atom. The Balaban J connectivity index is 1.84. The molecule has 4 aromatic rings. The quantitative estimate of drug-likeness (QED) is 0.241. The molecule has 0 aliphatic rings. The molecule has 0 radical (unpaired) electrons. The van der Waals surface area contributed by atoms with Crippen LogP contribution >= 0.6 is 0 Å². The molecule has 3 aromatic carbocycles. The number of carboxylic acid groups (broad SMARTS) is 1. The van der Waals surface area contributed by atoms with Crippen LogP contribution in [0.4, 0.5) is 5.69 Å². The number of hydrogen-bond donors (Lipinski definition) is 1. The van der Waals surface area contributed by atoms with Crippen LogP contribution in [0.2, 0.25) is 0 Å². The number of benzene rings is 3. The van der Waals surface area contributed by atoms with Crippen LogP contribution in [0.15, 0.2) is 66.7 Å². The minimum absolute atomic E-state index is 0.0204. The Hall–Kier alpha value is -4.13. The molecule has 1 N–H and O–H groups in total. The van der Waals surface area contributed by atoms with Crippen LogP contribution in [-0.4, -0.2) is 26.7 Å². The zero-order chi connectivity index (χ0) is 25.5. The topological polar surface area (TPSA) is 94.6 Å². The SMILES string of the molecule is CC(C)Oc1ccc(-n2c(C(=O)O)cc3cc(-c4ccc(C(C)(C)C)cc4)ccc32)cc1[N+](=O)[O-]. The minimum Gasteiger partial charge on any atom is -0.484 e. The number of nitrogens with zero attached hydrogens (tertiary/aromatic N) is 2. The van der Waals surface area contributed by atoms with Crippen LogP contribution in [0.3, 0.4) is 0 Å². The predicted molar refractivity (Wildman–Crippen MR) is 137 cm³/mol. The van der Waals surface area contributed by atoms with E-state index in [2.05, 4.69) is 45.0 Å². The fraction of sp³-hybridized carbons (Fsp3) is 0.250. The summed E-state index contributed by atoms with van der Waals surface area (Å²) in [5.41, 5.74) is 4.08. The largest absolute Gasteiger partial charge is 0.484 e. The number of fused-ring (bicyclic) bond motifs is 1. The number of aromatic nitrogens is 1. The number of ether oxygens (including phenoxy) is 1. The lowest BCUT2D eigenvalue weighted by atomic mass is 9.86. The normalized spacial score (nSPS) is 11.7. The first-order valence-electron chi connectivity index (χ1n) is 11.4. The average Bonchev–Trinajstić information content (AvgIpc) is 3.17. The fourth-order valence-electron chi connectivity index (χ4n) is 4.13. The Morgan fingerprint density at radius 3 is 2.20 bits per heavy atom. The van der Waals surface area contributed by atoms with Crippen LogP contribution < -0.4 is 4.74 Å². The maximum atomic E-state index is 12.1. The summed E-state index contributed by atoms with van der Waals surface area (Å²) in [5, 5.41) is 22.3. The minimum atomic E-state index is -1.12. The molecule has 0 aliphatic heterocycles. The standard InChI is InChI=1S/C28H28N2O5/c1-17(2)35-26-13-11-22(16-24(26)30(33)34)29-23-12-8-19(14-20(23)15-25(29)27(31)32)18-6-9-21(10-7-18)28(3,4)5/h6-17H,1-5H3,(H,31,32). The van der Waals surface area contributed by atoms with Crippen molar-refractivity contribution >= 4 is 22.6 Å². The van der Waals surface area contributed by atoms with Gasteiger partial charge in [-0.2, -0.15) is 0 Å². The van der Waals surface area contributed by atoms with Gasteiger partial charge in [0.1, 0.15) is 5.69 Å². The molecule has 0 atom stereocenters. The zero-order valence-corrected chi connectivity index (χ0v) is 20.4. The van der Waals surface area contributed by atoms with Gasteiger partial charge in [0, 0.05) is 11.5 Å². The summed E-state index contributed by atoms with van der Waals surface area (Å²) in [6.45, 7) is 10.1. The predicted octanol–water partition coefficient (Wildman–Crippen LogP) is 6.99. The molecule has 180 valence electrons. The summed E-state index contributed by atoms with van der Waals surface area (Å²) in [7, 11) is 0. The van der Waals surface area contributed by atoms with Crippen LogP contribution in [0, 0.1) is 10.1 Å². The van der Waals surface area contributed by atoms with Gasteiger partial charge >= 0.3 is 11.7 Å². The summed E-state index contributed by atoms with van der Waals surface area (Å²) in [6.07, 6.45) is -0.238. The fourth-order valence-corrected chi connectivity index (χ4v) is 4.13. The highest BCUT2D eigenvalue weighted by Crippen LogP contribution is 2.35. The van der Waals surface area contributed by atoms with Crippen LogP contribution in [-0.2, 0) is 5.41 Å². The summed E-state index contributed by atoms with van der Waals surface area (Å²) in [4.78, 5) is 23.3. The van der Waals surface area contributed by atoms with E-state index < -0.39 is 10.9 Å². The summed E-state index contributed by atoms with van der Waals surface area (Å²) >= 11 is 0. The van der Waals surface area contributed by atoms with Crippen molar-refractivity contribution in [3.05, 3.63) is 88.1 Å². The van der Waals surface area contributed by atoms with E-state index in [0.717, 1.165) is 16.5 Å². The number of carbonyl (C=O) groups is 1. The molecule has 35 heavy (non-hydrogen) atoms. The third-order valence-corrected chi connectivity index (χ3v) is 5.87. The van der Waals surface area contributed by atoms with Crippen LogP contribution in [0.25, 0.3) is 27.7 Å². The molecule has 0 saturated heterocycles. The van der Waals surface area contributed by atoms with Gasteiger partial charge in [-0.15, -0.1) is 0 Å². The molecule has 0 amide bonds. The van der Waals surface area contributed by atoms with Gasteiger partial charge in [0.2, 0.25) is 0 Å². The van der Waals surface area contributed by atoms with Crippen molar-refractivity contribution in [2.75, 3.05) is 0 Å². The Kier molecular flexibility index (Phi) is 6.11. The average molecular weight is 473 g/mol.